The molecule has 1 aromatic heterocycles. The molecule has 2 aliphatic heterocycles. The van der Waals surface area contributed by atoms with Gasteiger partial charge in [0.25, 0.3) is 0 Å². The minimum atomic E-state index is 0.113. The molecule has 1 fully saturated rings. The lowest BCUT2D eigenvalue weighted by Crippen LogP contribution is -2.47. The minimum Gasteiger partial charge on any atom is -0.351 e. The van der Waals surface area contributed by atoms with Gasteiger partial charge in [0.15, 0.2) is 0 Å². The van der Waals surface area contributed by atoms with Gasteiger partial charge in [-0.15, -0.1) is 0 Å². The Kier molecular flexibility index (Phi) is 4.83. The Morgan fingerprint density at radius 2 is 2.08 bits per heavy atom. The van der Waals surface area contributed by atoms with Gasteiger partial charge in [0.2, 0.25) is 5.91 Å². The van der Waals surface area contributed by atoms with E-state index in [0.29, 0.717) is 0 Å². The van der Waals surface area contributed by atoms with Crippen LogP contribution in [0.1, 0.15) is 30.7 Å². The van der Waals surface area contributed by atoms with Gasteiger partial charge < -0.3 is 9.88 Å². The highest BCUT2D eigenvalue weighted by atomic mass is 16.2. The molecule has 3 heterocycles. The Morgan fingerprint density at radius 3 is 2.96 bits per heavy atom. The van der Waals surface area contributed by atoms with Crippen molar-refractivity contribution < 1.29 is 4.79 Å². The average Bonchev–Trinajstić information content (AvgIpc) is 3.10. The Bertz CT molecular complexity index is 711. The second kappa shape index (κ2) is 7.40. The fourth-order valence-corrected chi connectivity index (χ4v) is 4.06. The molecule has 0 bridgehead atoms. The highest BCUT2D eigenvalue weighted by Gasteiger charge is 2.28. The Labute approximate surface area is 149 Å². The summed E-state index contributed by atoms with van der Waals surface area (Å²) in [6, 6.07) is 10.8. The van der Waals surface area contributed by atoms with Gasteiger partial charge >= 0.3 is 0 Å². The van der Waals surface area contributed by atoms with Crippen molar-refractivity contribution in [2.24, 2.45) is 5.92 Å². The number of carbonyl (C=O) groups excluding carboxylic acids is 1. The fourth-order valence-electron chi connectivity index (χ4n) is 4.06. The number of hydrogen-bond donors (Lipinski definition) is 1. The average molecular weight is 338 g/mol. The number of piperidine rings is 1. The summed E-state index contributed by atoms with van der Waals surface area (Å²) in [5, 5.41) is 3.29. The van der Waals surface area contributed by atoms with Crippen LogP contribution < -0.4 is 5.32 Å². The first kappa shape index (κ1) is 16.3. The van der Waals surface area contributed by atoms with E-state index in [1.54, 1.807) is 0 Å². The molecule has 5 nitrogen and oxygen atoms in total. The topological polar surface area (TPSA) is 50.2 Å². The van der Waals surface area contributed by atoms with Gasteiger partial charge in [0.05, 0.1) is 5.92 Å². The molecule has 4 rings (SSSR count). The molecule has 1 aromatic carbocycles. The number of rotatable bonds is 4. The summed E-state index contributed by atoms with van der Waals surface area (Å²) in [6.07, 6.45) is 7.89. The summed E-state index contributed by atoms with van der Waals surface area (Å²) in [4.78, 5) is 19.5. The maximum Gasteiger partial charge on any atom is 0.224 e. The zero-order valence-corrected chi connectivity index (χ0v) is 14.6. The molecule has 1 amide bonds. The molecular weight excluding hydrogens is 312 g/mol. The molecule has 1 N–H and O–H groups in total. The van der Waals surface area contributed by atoms with Gasteiger partial charge in [-0.3, -0.25) is 9.69 Å². The zero-order chi connectivity index (χ0) is 17.1. The lowest BCUT2D eigenvalue weighted by Gasteiger charge is -2.33. The van der Waals surface area contributed by atoms with Gasteiger partial charge in [-0.25, -0.2) is 4.98 Å². The number of benzene rings is 1. The third kappa shape index (κ3) is 3.93. The van der Waals surface area contributed by atoms with Crippen LogP contribution in [0.4, 0.5) is 0 Å². The van der Waals surface area contributed by atoms with Crippen molar-refractivity contribution in [1.29, 1.82) is 0 Å². The van der Waals surface area contributed by atoms with Crippen LogP contribution >= 0.6 is 0 Å². The molecule has 2 aromatic rings. The molecule has 0 aliphatic carbocycles. The number of carbonyl (C=O) groups is 1. The van der Waals surface area contributed by atoms with Gasteiger partial charge in [0, 0.05) is 44.5 Å². The number of aromatic nitrogens is 2. The second-order valence-electron chi connectivity index (χ2n) is 7.30. The first-order chi connectivity index (χ1) is 12.3. The van der Waals surface area contributed by atoms with Crippen molar-refractivity contribution in [3.8, 4) is 0 Å². The Morgan fingerprint density at radius 1 is 1.20 bits per heavy atom. The predicted octanol–water partition coefficient (Wildman–Crippen LogP) is 2.23. The number of imidazole rings is 1. The van der Waals surface area contributed by atoms with Crippen LogP contribution in [-0.2, 0) is 24.3 Å². The summed E-state index contributed by atoms with van der Waals surface area (Å²) in [5.41, 5.74) is 1.32. The molecular formula is C20H26N4O. The molecule has 0 unspecified atom stereocenters. The van der Waals surface area contributed by atoms with Crippen LogP contribution in [0.25, 0.3) is 0 Å². The van der Waals surface area contributed by atoms with E-state index in [1.165, 1.54) is 5.56 Å². The van der Waals surface area contributed by atoms with E-state index < -0.39 is 0 Å². The molecule has 0 radical (unpaired) electrons. The van der Waals surface area contributed by atoms with Crippen molar-refractivity contribution in [1.82, 2.24) is 19.8 Å². The first-order valence-electron chi connectivity index (χ1n) is 9.34. The normalized spacial score (nSPS) is 23.8. The van der Waals surface area contributed by atoms with Crippen molar-refractivity contribution in [3.05, 3.63) is 54.1 Å². The lowest BCUT2D eigenvalue weighted by atomic mass is 9.95. The Hall–Kier alpha value is -2.14. The van der Waals surface area contributed by atoms with Crippen molar-refractivity contribution in [2.45, 2.75) is 44.8 Å². The van der Waals surface area contributed by atoms with Crippen LogP contribution in [0.5, 0.6) is 0 Å². The molecule has 25 heavy (non-hydrogen) atoms. The lowest BCUT2D eigenvalue weighted by molar-refractivity contribution is -0.127. The van der Waals surface area contributed by atoms with E-state index in [1.807, 2.05) is 18.5 Å². The number of fused-ring (bicyclic) bond motifs is 1. The number of nitrogens with zero attached hydrogens (tertiary/aromatic N) is 3. The predicted molar refractivity (Wildman–Crippen MR) is 96.9 cm³/mol. The van der Waals surface area contributed by atoms with E-state index in [4.69, 9.17) is 0 Å². The maximum atomic E-state index is 12.8. The van der Waals surface area contributed by atoms with Crippen molar-refractivity contribution >= 4 is 5.91 Å². The fraction of sp³-hybridized carbons (Fsp3) is 0.500. The van der Waals surface area contributed by atoms with Gasteiger partial charge in [-0.05, 0) is 31.4 Å². The van der Waals surface area contributed by atoms with Crippen LogP contribution in [-0.4, -0.2) is 39.5 Å². The summed E-state index contributed by atoms with van der Waals surface area (Å²) in [5.74, 6) is 1.48. The van der Waals surface area contributed by atoms with Crippen molar-refractivity contribution in [2.75, 3.05) is 13.1 Å². The number of nitrogens with one attached hydrogen (secondary N) is 1. The van der Waals surface area contributed by atoms with E-state index in [-0.39, 0.29) is 17.9 Å². The van der Waals surface area contributed by atoms with E-state index in [2.05, 4.69) is 44.0 Å². The number of hydrogen-bond acceptors (Lipinski definition) is 3. The molecule has 0 spiro atoms. The van der Waals surface area contributed by atoms with E-state index in [9.17, 15) is 4.79 Å². The minimum absolute atomic E-state index is 0.113. The van der Waals surface area contributed by atoms with Gasteiger partial charge in [-0.2, -0.15) is 0 Å². The maximum absolute atomic E-state index is 12.8. The molecule has 2 atom stereocenters. The molecule has 2 aliphatic rings. The summed E-state index contributed by atoms with van der Waals surface area (Å²) in [7, 11) is 0. The molecule has 0 saturated carbocycles. The zero-order valence-electron chi connectivity index (χ0n) is 14.6. The van der Waals surface area contributed by atoms with Gasteiger partial charge in [-0.1, -0.05) is 30.3 Å². The summed E-state index contributed by atoms with van der Waals surface area (Å²) < 4.78 is 2.16. The van der Waals surface area contributed by atoms with E-state index >= 15 is 0 Å². The van der Waals surface area contributed by atoms with Crippen LogP contribution in [0, 0.1) is 5.92 Å². The largest absolute Gasteiger partial charge is 0.351 e. The quantitative estimate of drug-likeness (QED) is 0.930. The number of likely N-dealkylation sites (tertiary alicyclic amines) is 1. The summed E-state index contributed by atoms with van der Waals surface area (Å²) >= 11 is 0. The smallest absolute Gasteiger partial charge is 0.224 e. The molecule has 132 valence electrons. The SMILES string of the molecule is O=C(N[C@@H]1CCc2nccn2C1)[C@H]1CCCN(Cc2ccccc2)C1. The van der Waals surface area contributed by atoms with E-state index in [0.717, 1.165) is 57.7 Å². The molecule has 5 heteroatoms. The molecule has 1 saturated heterocycles. The highest BCUT2D eigenvalue weighted by Crippen LogP contribution is 2.20. The summed E-state index contributed by atoms with van der Waals surface area (Å²) in [6.45, 7) is 3.73. The first-order valence-corrected chi connectivity index (χ1v) is 9.34. The van der Waals surface area contributed by atoms with Crippen LogP contribution in [0.2, 0.25) is 0 Å². The third-order valence-electron chi connectivity index (χ3n) is 5.41. The highest BCUT2D eigenvalue weighted by molar-refractivity contribution is 5.79. The third-order valence-corrected chi connectivity index (χ3v) is 5.41. The van der Waals surface area contributed by atoms with Crippen LogP contribution in [0.15, 0.2) is 42.7 Å². The number of amides is 1. The number of aryl methyl sites for hydroxylation is 1. The monoisotopic (exact) mass is 338 g/mol. The Balaban J connectivity index is 1.31. The second-order valence-corrected chi connectivity index (χ2v) is 7.30. The van der Waals surface area contributed by atoms with Gasteiger partial charge in [0.1, 0.15) is 5.82 Å². The standard InChI is InChI=1S/C20H26N4O/c25-20(22-18-8-9-19-21-10-12-24(19)15-18)17-7-4-11-23(14-17)13-16-5-2-1-3-6-16/h1-3,5-6,10,12,17-18H,4,7-9,11,13-15H2,(H,22,25)/t17-,18+/m0/s1. The van der Waals surface area contributed by atoms with Crippen LogP contribution in [0.3, 0.4) is 0 Å². The van der Waals surface area contributed by atoms with Crippen molar-refractivity contribution in [3.63, 3.8) is 0 Å².